The molecule has 1 aromatic rings. The van der Waals surface area contributed by atoms with Crippen molar-refractivity contribution >= 4 is 30.8 Å². The number of carbonyl (C=O) groups excluding carboxylic acids is 1. The summed E-state index contributed by atoms with van der Waals surface area (Å²) in [6.45, 7) is 0. The highest BCUT2D eigenvalue weighted by atomic mass is 35.5. The minimum Gasteiger partial charge on any atom is -0.426 e. The molecule has 0 saturated carbocycles. The second kappa shape index (κ2) is 5.38. The zero-order valence-corrected chi connectivity index (χ0v) is 12.7. The van der Waals surface area contributed by atoms with Crippen molar-refractivity contribution in [2.75, 3.05) is 14.1 Å². The van der Waals surface area contributed by atoms with Crippen molar-refractivity contribution in [3.8, 4) is 5.75 Å². The van der Waals surface area contributed by atoms with Gasteiger partial charge in [-0.05, 0) is 12.1 Å². The van der Waals surface area contributed by atoms with E-state index in [9.17, 15) is 19.5 Å². The van der Waals surface area contributed by atoms with Crippen LogP contribution in [-0.2, 0) is 4.57 Å². The van der Waals surface area contributed by atoms with E-state index in [-0.39, 0.29) is 16.6 Å². The smallest absolute Gasteiger partial charge is 0.373 e. The zero-order valence-electron chi connectivity index (χ0n) is 11.1. The van der Waals surface area contributed by atoms with Crippen LogP contribution in [0.3, 0.4) is 0 Å². The van der Waals surface area contributed by atoms with Gasteiger partial charge in [-0.3, -0.25) is 15.0 Å². The SMILES string of the molecule is CN1C(=O)N(C)P(=O)(Oc2ccc([N+](=O)[O-])cc2)C=C1Cl. The van der Waals surface area contributed by atoms with Crippen LogP contribution in [0.2, 0.25) is 0 Å². The first-order valence-corrected chi connectivity index (χ1v) is 7.71. The van der Waals surface area contributed by atoms with Gasteiger partial charge in [-0.15, -0.1) is 0 Å². The van der Waals surface area contributed by atoms with E-state index >= 15 is 0 Å². The maximum atomic E-state index is 12.7. The summed E-state index contributed by atoms with van der Waals surface area (Å²) in [5.41, 5.74) is -0.123. The van der Waals surface area contributed by atoms with Gasteiger partial charge in [-0.2, -0.15) is 0 Å². The Morgan fingerprint density at radius 3 is 2.38 bits per heavy atom. The van der Waals surface area contributed by atoms with Crippen molar-refractivity contribution < 1.29 is 18.8 Å². The third kappa shape index (κ3) is 2.86. The average Bonchev–Trinajstić information content (AvgIpc) is 2.43. The largest absolute Gasteiger partial charge is 0.426 e. The molecule has 0 bridgehead atoms. The van der Waals surface area contributed by atoms with Gasteiger partial charge in [-0.1, -0.05) is 11.6 Å². The fourth-order valence-corrected chi connectivity index (χ4v) is 3.63. The normalized spacial score (nSPS) is 22.0. The Labute approximate surface area is 125 Å². The molecule has 0 saturated heterocycles. The first-order chi connectivity index (χ1) is 9.74. The topological polar surface area (TPSA) is 93.0 Å². The van der Waals surface area contributed by atoms with E-state index in [0.29, 0.717) is 0 Å². The van der Waals surface area contributed by atoms with Crippen LogP contribution in [0.15, 0.2) is 35.2 Å². The number of hydrogen-bond acceptors (Lipinski definition) is 5. The molecule has 1 aromatic carbocycles. The number of amides is 2. The Kier molecular flexibility index (Phi) is 3.93. The van der Waals surface area contributed by atoms with E-state index in [2.05, 4.69) is 0 Å². The van der Waals surface area contributed by atoms with Crippen LogP contribution in [0.1, 0.15) is 0 Å². The number of carbonyl (C=O) groups is 1. The van der Waals surface area contributed by atoms with E-state index in [1.54, 1.807) is 0 Å². The van der Waals surface area contributed by atoms with Crippen LogP contribution in [0, 0.1) is 10.1 Å². The Hall–Kier alpha value is -2.05. The molecule has 0 fully saturated rings. The number of rotatable bonds is 3. The maximum Gasteiger partial charge on any atom is 0.373 e. The van der Waals surface area contributed by atoms with Gasteiger partial charge in [-0.25, -0.2) is 14.0 Å². The van der Waals surface area contributed by atoms with E-state index < -0.39 is 18.5 Å². The highest BCUT2D eigenvalue weighted by Crippen LogP contribution is 2.55. The van der Waals surface area contributed by atoms with Gasteiger partial charge in [0.25, 0.3) is 5.69 Å². The predicted octanol–water partition coefficient (Wildman–Crippen LogP) is 3.20. The van der Waals surface area contributed by atoms with Gasteiger partial charge in [0, 0.05) is 26.2 Å². The molecule has 2 amide bonds. The lowest BCUT2D eigenvalue weighted by molar-refractivity contribution is -0.384. The molecule has 1 atom stereocenters. The first-order valence-electron chi connectivity index (χ1n) is 5.68. The van der Waals surface area contributed by atoms with Crippen LogP contribution in [0.5, 0.6) is 5.75 Å². The van der Waals surface area contributed by atoms with Gasteiger partial charge >= 0.3 is 13.6 Å². The van der Waals surface area contributed by atoms with Crippen molar-refractivity contribution in [2.45, 2.75) is 0 Å². The molecule has 112 valence electrons. The quantitative estimate of drug-likeness (QED) is 0.367. The van der Waals surface area contributed by atoms with Crippen molar-refractivity contribution in [1.29, 1.82) is 0 Å². The number of nitrogens with zero attached hydrogens (tertiary/aromatic N) is 3. The van der Waals surface area contributed by atoms with Crippen LogP contribution < -0.4 is 4.52 Å². The molecule has 0 radical (unpaired) electrons. The molecule has 0 aromatic heterocycles. The monoisotopic (exact) mass is 331 g/mol. The molecule has 1 aliphatic rings. The van der Waals surface area contributed by atoms with Crippen LogP contribution >= 0.6 is 19.1 Å². The number of benzene rings is 1. The molecule has 1 aliphatic heterocycles. The third-order valence-corrected chi connectivity index (χ3v) is 5.42. The average molecular weight is 332 g/mol. The minimum absolute atomic E-state index is 0.0108. The summed E-state index contributed by atoms with van der Waals surface area (Å²) in [6, 6.07) is 4.45. The van der Waals surface area contributed by atoms with Gasteiger partial charge in [0.1, 0.15) is 10.9 Å². The number of nitro benzene ring substituents is 1. The fourth-order valence-electron chi connectivity index (χ4n) is 1.60. The molecule has 0 N–H and O–H groups in total. The Bertz CT molecular complexity index is 675. The van der Waals surface area contributed by atoms with Gasteiger partial charge in [0.2, 0.25) is 0 Å². The number of halogens is 1. The lowest BCUT2D eigenvalue weighted by Crippen LogP contribution is -2.39. The summed E-state index contributed by atoms with van der Waals surface area (Å²) in [4.78, 5) is 23.0. The van der Waals surface area contributed by atoms with Crippen molar-refractivity contribution in [1.82, 2.24) is 9.57 Å². The standard InChI is InChI=1S/C11H11ClN3O5P/c1-13-10(12)7-21(19,14(2)11(13)16)20-9-5-3-8(4-6-9)15(17)18/h3-7H,1-2H3. The van der Waals surface area contributed by atoms with Gasteiger partial charge < -0.3 is 4.52 Å². The summed E-state index contributed by atoms with van der Waals surface area (Å²) >= 11 is 5.84. The molecule has 2 rings (SSSR count). The lowest BCUT2D eigenvalue weighted by atomic mass is 10.3. The van der Waals surface area contributed by atoms with Gasteiger partial charge in [0.15, 0.2) is 0 Å². The second-order valence-electron chi connectivity index (χ2n) is 4.22. The number of non-ortho nitro benzene ring substituents is 1. The maximum absolute atomic E-state index is 12.7. The van der Waals surface area contributed by atoms with Crippen LogP contribution in [0.4, 0.5) is 10.5 Å². The number of nitro groups is 1. The second-order valence-corrected chi connectivity index (χ2v) is 6.78. The first kappa shape index (κ1) is 15.3. The summed E-state index contributed by atoms with van der Waals surface area (Å²) in [5.74, 6) is 1.28. The van der Waals surface area contributed by atoms with Gasteiger partial charge in [0.05, 0.1) is 10.7 Å². The summed E-state index contributed by atoms with van der Waals surface area (Å²) < 4.78 is 19.0. The molecular weight excluding hydrogens is 321 g/mol. The van der Waals surface area contributed by atoms with Crippen molar-refractivity contribution in [2.24, 2.45) is 0 Å². The lowest BCUT2D eigenvalue weighted by Gasteiger charge is -2.33. The van der Waals surface area contributed by atoms with E-state index in [0.717, 1.165) is 15.4 Å². The molecule has 0 spiro atoms. The fraction of sp³-hybridized carbons (Fsp3) is 0.182. The molecule has 1 heterocycles. The van der Waals surface area contributed by atoms with Crippen molar-refractivity contribution in [3.05, 3.63) is 45.4 Å². The highest BCUT2D eigenvalue weighted by Gasteiger charge is 2.39. The number of hydrogen-bond donors (Lipinski definition) is 0. The van der Waals surface area contributed by atoms with Crippen molar-refractivity contribution in [3.63, 3.8) is 0 Å². The third-order valence-electron chi connectivity index (χ3n) is 2.86. The number of urea groups is 1. The van der Waals surface area contributed by atoms with Crippen LogP contribution in [-0.4, -0.2) is 34.6 Å². The molecule has 10 heteroatoms. The predicted molar refractivity (Wildman–Crippen MR) is 76.2 cm³/mol. The molecule has 21 heavy (non-hydrogen) atoms. The molecular formula is C11H11ClN3O5P. The zero-order chi connectivity index (χ0) is 15.8. The molecule has 0 aliphatic carbocycles. The van der Waals surface area contributed by atoms with Crippen LogP contribution in [0.25, 0.3) is 0 Å². The van der Waals surface area contributed by atoms with E-state index in [1.807, 2.05) is 0 Å². The molecule has 1 unspecified atom stereocenters. The summed E-state index contributed by atoms with van der Waals surface area (Å²) in [6.07, 6.45) is 0. The summed E-state index contributed by atoms with van der Waals surface area (Å²) in [7, 11) is -0.875. The van der Waals surface area contributed by atoms with E-state index in [4.69, 9.17) is 16.1 Å². The minimum atomic E-state index is -3.64. The Morgan fingerprint density at radius 1 is 1.29 bits per heavy atom. The Balaban J connectivity index is 2.31. The van der Waals surface area contributed by atoms with E-state index in [1.165, 1.54) is 38.4 Å². The highest BCUT2D eigenvalue weighted by molar-refractivity contribution is 7.61. The Morgan fingerprint density at radius 2 is 1.86 bits per heavy atom. The summed E-state index contributed by atoms with van der Waals surface area (Å²) in [5, 5.41) is 10.6. The molecule has 8 nitrogen and oxygen atoms in total.